The lowest BCUT2D eigenvalue weighted by molar-refractivity contribution is 0.0464. The van der Waals surface area contributed by atoms with E-state index in [1.807, 2.05) is 0 Å². The highest BCUT2D eigenvalue weighted by molar-refractivity contribution is 4.81. The van der Waals surface area contributed by atoms with Crippen LogP contribution < -0.4 is 5.73 Å². The molecule has 102 valence electrons. The van der Waals surface area contributed by atoms with Gasteiger partial charge >= 0.3 is 0 Å². The van der Waals surface area contributed by atoms with Crippen LogP contribution in [0.1, 0.15) is 46.5 Å². The molecule has 2 N–H and O–H groups in total. The van der Waals surface area contributed by atoms with Crippen LogP contribution in [0.5, 0.6) is 0 Å². The summed E-state index contributed by atoms with van der Waals surface area (Å²) in [7, 11) is 0. The summed E-state index contributed by atoms with van der Waals surface area (Å²) in [4.78, 5) is 2.54. The van der Waals surface area contributed by atoms with E-state index in [4.69, 9.17) is 10.5 Å². The summed E-state index contributed by atoms with van der Waals surface area (Å²) in [6, 6.07) is 0.527. The van der Waals surface area contributed by atoms with Crippen molar-refractivity contribution in [2.75, 3.05) is 26.2 Å². The van der Waals surface area contributed by atoms with Gasteiger partial charge < -0.3 is 10.5 Å². The number of hydrogen-bond donors (Lipinski definition) is 1. The molecule has 0 aromatic carbocycles. The standard InChI is InChI=1S/C14H30N2O/c1-4-12(5-2)14(10-15)16(6-3)11-13-8-7-9-17-13/h12-14H,4-11,15H2,1-3H3. The average Bonchev–Trinajstić information content (AvgIpc) is 2.86. The quantitative estimate of drug-likeness (QED) is 0.709. The molecule has 2 atom stereocenters. The second kappa shape index (κ2) is 8.06. The van der Waals surface area contributed by atoms with Crippen molar-refractivity contribution in [2.45, 2.75) is 58.6 Å². The molecule has 0 aliphatic carbocycles. The molecule has 0 bridgehead atoms. The zero-order valence-corrected chi connectivity index (χ0v) is 11.8. The molecule has 17 heavy (non-hydrogen) atoms. The van der Waals surface area contributed by atoms with Gasteiger partial charge in [-0.15, -0.1) is 0 Å². The van der Waals surface area contributed by atoms with Gasteiger partial charge in [0.05, 0.1) is 6.10 Å². The zero-order chi connectivity index (χ0) is 12.7. The highest BCUT2D eigenvalue weighted by atomic mass is 16.5. The summed E-state index contributed by atoms with van der Waals surface area (Å²) < 4.78 is 5.74. The van der Waals surface area contributed by atoms with Crippen LogP contribution in [-0.4, -0.2) is 43.3 Å². The summed E-state index contributed by atoms with van der Waals surface area (Å²) >= 11 is 0. The minimum absolute atomic E-state index is 0.443. The van der Waals surface area contributed by atoms with Gasteiger partial charge in [-0.2, -0.15) is 0 Å². The van der Waals surface area contributed by atoms with E-state index in [2.05, 4.69) is 25.7 Å². The fourth-order valence-electron chi connectivity index (χ4n) is 3.02. The third-order valence-electron chi connectivity index (χ3n) is 4.17. The Morgan fingerprint density at radius 3 is 2.41 bits per heavy atom. The maximum atomic E-state index is 5.99. The molecule has 3 heteroatoms. The monoisotopic (exact) mass is 242 g/mol. The Bertz CT molecular complexity index is 189. The SMILES string of the molecule is CCC(CC)C(CN)N(CC)CC1CCCO1. The van der Waals surface area contributed by atoms with Gasteiger partial charge in [0.15, 0.2) is 0 Å². The van der Waals surface area contributed by atoms with Crippen LogP contribution in [-0.2, 0) is 4.74 Å². The molecule has 0 amide bonds. The van der Waals surface area contributed by atoms with Crippen molar-refractivity contribution in [1.82, 2.24) is 4.90 Å². The van der Waals surface area contributed by atoms with E-state index in [0.717, 1.165) is 32.2 Å². The number of likely N-dealkylation sites (N-methyl/N-ethyl adjacent to an activating group) is 1. The predicted octanol–water partition coefficient (Wildman–Crippen LogP) is 2.25. The smallest absolute Gasteiger partial charge is 0.0702 e. The fraction of sp³-hybridized carbons (Fsp3) is 1.00. The summed E-state index contributed by atoms with van der Waals surface area (Å²) in [5.41, 5.74) is 5.99. The highest BCUT2D eigenvalue weighted by Gasteiger charge is 2.26. The minimum Gasteiger partial charge on any atom is -0.377 e. The topological polar surface area (TPSA) is 38.5 Å². The second-order valence-electron chi connectivity index (χ2n) is 5.10. The first kappa shape index (κ1) is 14.9. The molecule has 3 nitrogen and oxygen atoms in total. The van der Waals surface area contributed by atoms with Gasteiger partial charge in [0.1, 0.15) is 0 Å². The molecule has 0 aromatic rings. The first-order valence-corrected chi connectivity index (χ1v) is 7.32. The van der Waals surface area contributed by atoms with Crippen LogP contribution in [0.3, 0.4) is 0 Å². The molecule has 0 radical (unpaired) electrons. The Balaban J connectivity index is 2.54. The summed E-state index contributed by atoms with van der Waals surface area (Å²) in [6.45, 7) is 10.6. The van der Waals surface area contributed by atoms with Crippen LogP contribution in [0.4, 0.5) is 0 Å². The molecule has 1 rings (SSSR count). The summed E-state index contributed by atoms with van der Waals surface area (Å²) in [5, 5.41) is 0. The molecular formula is C14H30N2O. The molecule has 1 saturated heterocycles. The van der Waals surface area contributed by atoms with Crippen LogP contribution in [0.2, 0.25) is 0 Å². The molecule has 1 heterocycles. The number of ether oxygens (including phenoxy) is 1. The zero-order valence-electron chi connectivity index (χ0n) is 11.8. The molecule has 1 aliphatic rings. The van der Waals surface area contributed by atoms with E-state index in [0.29, 0.717) is 12.1 Å². The largest absolute Gasteiger partial charge is 0.377 e. The molecule has 0 saturated carbocycles. The van der Waals surface area contributed by atoms with Gasteiger partial charge in [-0.05, 0) is 25.3 Å². The van der Waals surface area contributed by atoms with Crippen LogP contribution in [0, 0.1) is 5.92 Å². The third-order valence-corrected chi connectivity index (χ3v) is 4.17. The molecule has 1 aliphatic heterocycles. The predicted molar refractivity (Wildman–Crippen MR) is 73.1 cm³/mol. The van der Waals surface area contributed by atoms with Gasteiger partial charge in [0, 0.05) is 25.7 Å². The number of rotatable bonds is 8. The molecule has 0 aromatic heterocycles. The third kappa shape index (κ3) is 4.23. The van der Waals surface area contributed by atoms with E-state index in [1.165, 1.54) is 25.7 Å². The van der Waals surface area contributed by atoms with Gasteiger partial charge in [0.2, 0.25) is 0 Å². The van der Waals surface area contributed by atoms with Crippen molar-refractivity contribution in [3.8, 4) is 0 Å². The van der Waals surface area contributed by atoms with Gasteiger partial charge in [-0.25, -0.2) is 0 Å². The Labute approximate surface area is 107 Å². The van der Waals surface area contributed by atoms with E-state index >= 15 is 0 Å². The van der Waals surface area contributed by atoms with Crippen molar-refractivity contribution in [2.24, 2.45) is 11.7 Å². The lowest BCUT2D eigenvalue weighted by atomic mass is 9.92. The van der Waals surface area contributed by atoms with Gasteiger partial charge in [0.25, 0.3) is 0 Å². The Hall–Kier alpha value is -0.120. The van der Waals surface area contributed by atoms with E-state index in [1.54, 1.807) is 0 Å². The Morgan fingerprint density at radius 2 is 2.00 bits per heavy atom. The van der Waals surface area contributed by atoms with Crippen LogP contribution in [0.15, 0.2) is 0 Å². The maximum absolute atomic E-state index is 5.99. The van der Waals surface area contributed by atoms with E-state index in [-0.39, 0.29) is 0 Å². The highest BCUT2D eigenvalue weighted by Crippen LogP contribution is 2.21. The second-order valence-corrected chi connectivity index (χ2v) is 5.10. The van der Waals surface area contributed by atoms with Crippen LogP contribution in [0.25, 0.3) is 0 Å². The first-order valence-electron chi connectivity index (χ1n) is 7.32. The lowest BCUT2D eigenvalue weighted by Crippen LogP contribution is -2.48. The van der Waals surface area contributed by atoms with Crippen LogP contribution >= 0.6 is 0 Å². The minimum atomic E-state index is 0.443. The van der Waals surface area contributed by atoms with Crippen molar-refractivity contribution < 1.29 is 4.74 Å². The molecule has 2 unspecified atom stereocenters. The van der Waals surface area contributed by atoms with E-state index < -0.39 is 0 Å². The normalized spacial score (nSPS) is 22.6. The molecule has 1 fully saturated rings. The van der Waals surface area contributed by atoms with Crippen molar-refractivity contribution in [3.05, 3.63) is 0 Å². The number of nitrogens with zero attached hydrogens (tertiary/aromatic N) is 1. The first-order chi connectivity index (χ1) is 8.26. The molecular weight excluding hydrogens is 212 g/mol. The maximum Gasteiger partial charge on any atom is 0.0702 e. The number of nitrogens with two attached hydrogens (primary N) is 1. The Morgan fingerprint density at radius 1 is 1.29 bits per heavy atom. The average molecular weight is 242 g/mol. The molecule has 0 spiro atoms. The summed E-state index contributed by atoms with van der Waals surface area (Å²) in [6.07, 6.45) is 5.33. The van der Waals surface area contributed by atoms with Crippen molar-refractivity contribution >= 4 is 0 Å². The van der Waals surface area contributed by atoms with Gasteiger partial charge in [-0.1, -0.05) is 33.6 Å². The van der Waals surface area contributed by atoms with Gasteiger partial charge in [-0.3, -0.25) is 4.90 Å². The fourth-order valence-corrected chi connectivity index (χ4v) is 3.02. The lowest BCUT2D eigenvalue weighted by Gasteiger charge is -2.36. The van der Waals surface area contributed by atoms with E-state index in [9.17, 15) is 0 Å². The van der Waals surface area contributed by atoms with Crippen molar-refractivity contribution in [1.29, 1.82) is 0 Å². The number of hydrogen-bond acceptors (Lipinski definition) is 3. The summed E-state index contributed by atoms with van der Waals surface area (Å²) in [5.74, 6) is 0.723. The van der Waals surface area contributed by atoms with Crippen molar-refractivity contribution in [3.63, 3.8) is 0 Å². The Kier molecular flexibility index (Phi) is 7.09.